The third-order valence-corrected chi connectivity index (χ3v) is 4.52. The van der Waals surface area contributed by atoms with Crippen molar-refractivity contribution in [1.29, 1.82) is 0 Å². The molecule has 32 heavy (non-hydrogen) atoms. The van der Waals surface area contributed by atoms with Crippen molar-refractivity contribution < 1.29 is 23.9 Å². The molecule has 3 rings (SSSR count). The van der Waals surface area contributed by atoms with Crippen molar-refractivity contribution in [1.82, 2.24) is 0 Å². The van der Waals surface area contributed by atoms with Gasteiger partial charge in [0.05, 0.1) is 11.3 Å². The van der Waals surface area contributed by atoms with Crippen LogP contribution in [0.25, 0.3) is 0 Å². The van der Waals surface area contributed by atoms with Crippen LogP contribution in [-0.4, -0.2) is 30.2 Å². The Kier molecular flexibility index (Phi) is 7.36. The molecule has 0 bridgehead atoms. The van der Waals surface area contributed by atoms with Gasteiger partial charge < -0.3 is 15.4 Å². The molecule has 0 spiro atoms. The number of ether oxygens (including phenoxy) is 1. The minimum atomic E-state index is -0.732. The lowest BCUT2D eigenvalue weighted by Gasteiger charge is -2.12. The van der Waals surface area contributed by atoms with Gasteiger partial charge in [0.25, 0.3) is 5.91 Å². The Hall–Kier alpha value is -3.97. The van der Waals surface area contributed by atoms with Gasteiger partial charge in [-0.25, -0.2) is 4.79 Å². The first-order valence-corrected chi connectivity index (χ1v) is 9.95. The monoisotopic (exact) mass is 450 g/mol. The van der Waals surface area contributed by atoms with Gasteiger partial charge in [0.15, 0.2) is 12.4 Å². The molecule has 2 amide bonds. The zero-order chi connectivity index (χ0) is 23.1. The second-order valence-electron chi connectivity index (χ2n) is 6.77. The molecule has 0 aliphatic rings. The summed E-state index contributed by atoms with van der Waals surface area (Å²) in [4.78, 5) is 48.6. The topological polar surface area (TPSA) is 102 Å². The molecule has 2 N–H and O–H groups in total. The first-order valence-electron chi connectivity index (χ1n) is 9.57. The summed E-state index contributed by atoms with van der Waals surface area (Å²) in [5.74, 6) is -1.95. The van der Waals surface area contributed by atoms with Gasteiger partial charge in [-0.1, -0.05) is 48.0 Å². The normalized spacial score (nSPS) is 10.2. The van der Waals surface area contributed by atoms with E-state index in [-0.39, 0.29) is 28.5 Å². The van der Waals surface area contributed by atoms with E-state index in [9.17, 15) is 19.2 Å². The van der Waals surface area contributed by atoms with Gasteiger partial charge in [-0.2, -0.15) is 0 Å². The average molecular weight is 451 g/mol. The minimum absolute atomic E-state index is 0.176. The second-order valence-corrected chi connectivity index (χ2v) is 7.21. The number of nitrogens with one attached hydrogen (secondary N) is 2. The summed E-state index contributed by atoms with van der Waals surface area (Å²) in [6.07, 6.45) is 0. The molecule has 3 aromatic rings. The number of benzene rings is 3. The largest absolute Gasteiger partial charge is 0.452 e. The van der Waals surface area contributed by atoms with E-state index in [4.69, 9.17) is 16.3 Å². The molecule has 8 heteroatoms. The van der Waals surface area contributed by atoms with Crippen molar-refractivity contribution in [3.05, 3.63) is 94.5 Å². The second kappa shape index (κ2) is 10.4. The summed E-state index contributed by atoms with van der Waals surface area (Å²) in [5.41, 5.74) is 1.51. The fraction of sp³-hybridized carbons (Fsp3) is 0.0833. The predicted octanol–water partition coefficient (Wildman–Crippen LogP) is 4.32. The number of esters is 1. The summed E-state index contributed by atoms with van der Waals surface area (Å²) in [6, 6.07) is 19.2. The van der Waals surface area contributed by atoms with Gasteiger partial charge in [0.1, 0.15) is 0 Å². The molecule has 0 aromatic heterocycles. The number of hydrogen-bond donors (Lipinski definition) is 2. The van der Waals surface area contributed by atoms with E-state index in [0.717, 1.165) is 0 Å². The number of hydrogen-bond acceptors (Lipinski definition) is 5. The number of ketones is 1. The minimum Gasteiger partial charge on any atom is -0.452 e. The van der Waals surface area contributed by atoms with Crippen molar-refractivity contribution >= 4 is 46.5 Å². The van der Waals surface area contributed by atoms with E-state index in [1.165, 1.54) is 31.2 Å². The Bertz CT molecular complexity index is 1180. The molecule has 0 radical (unpaired) electrons. The number of amides is 2. The van der Waals surface area contributed by atoms with Crippen molar-refractivity contribution in [3.8, 4) is 0 Å². The number of carbonyl (C=O) groups excluding carboxylic acids is 4. The molecule has 0 fully saturated rings. The molecule has 162 valence electrons. The molecular weight excluding hydrogens is 432 g/mol. The van der Waals surface area contributed by atoms with Gasteiger partial charge in [-0.05, 0) is 36.4 Å². The number of carbonyl (C=O) groups is 4. The van der Waals surface area contributed by atoms with Crippen LogP contribution in [0.4, 0.5) is 11.4 Å². The van der Waals surface area contributed by atoms with Gasteiger partial charge >= 0.3 is 5.97 Å². The number of anilines is 2. The first kappa shape index (κ1) is 22.7. The summed E-state index contributed by atoms with van der Waals surface area (Å²) in [6.45, 7) is 0.785. The summed E-state index contributed by atoms with van der Waals surface area (Å²) in [7, 11) is 0. The average Bonchev–Trinajstić information content (AvgIpc) is 2.78. The summed E-state index contributed by atoms with van der Waals surface area (Å²) in [5, 5.41) is 5.48. The smallest absolute Gasteiger partial charge is 0.338 e. The lowest BCUT2D eigenvalue weighted by atomic mass is 10.0. The standard InChI is InChI=1S/C24H19ClN2O5/c1-15(28)26-19-9-5-8-17(12-19)24(31)32-14-22(29)27-21-11-10-18(25)13-20(21)23(30)16-6-3-2-4-7-16/h2-13H,14H2,1H3,(H,26,28)(H,27,29). The van der Waals surface area contributed by atoms with E-state index in [1.54, 1.807) is 48.5 Å². The van der Waals surface area contributed by atoms with Crippen molar-refractivity contribution in [2.45, 2.75) is 6.92 Å². The van der Waals surface area contributed by atoms with Gasteiger partial charge in [-0.15, -0.1) is 0 Å². The Labute approximate surface area is 189 Å². The molecule has 0 aliphatic carbocycles. The number of halogens is 1. The van der Waals surface area contributed by atoms with Crippen LogP contribution in [0.3, 0.4) is 0 Å². The highest BCUT2D eigenvalue weighted by molar-refractivity contribution is 6.31. The van der Waals surface area contributed by atoms with Crippen molar-refractivity contribution in [2.24, 2.45) is 0 Å². The molecule has 0 aliphatic heterocycles. The summed E-state index contributed by atoms with van der Waals surface area (Å²) < 4.78 is 5.06. The fourth-order valence-corrected chi connectivity index (χ4v) is 3.06. The Morgan fingerprint density at radius 1 is 0.844 bits per heavy atom. The number of rotatable bonds is 7. The molecule has 0 saturated heterocycles. The van der Waals surface area contributed by atoms with Crippen LogP contribution in [0.1, 0.15) is 33.2 Å². The van der Waals surface area contributed by atoms with Gasteiger partial charge in [0, 0.05) is 28.8 Å². The Morgan fingerprint density at radius 2 is 1.56 bits per heavy atom. The third kappa shape index (κ3) is 6.02. The van der Waals surface area contributed by atoms with Crippen LogP contribution in [-0.2, 0) is 14.3 Å². The Morgan fingerprint density at radius 3 is 2.28 bits per heavy atom. The molecule has 0 atom stereocenters. The van der Waals surface area contributed by atoms with Crippen molar-refractivity contribution in [3.63, 3.8) is 0 Å². The van der Waals surface area contributed by atoms with Crippen LogP contribution in [0.5, 0.6) is 0 Å². The maximum atomic E-state index is 12.8. The fourth-order valence-electron chi connectivity index (χ4n) is 2.89. The highest BCUT2D eigenvalue weighted by Crippen LogP contribution is 2.24. The lowest BCUT2D eigenvalue weighted by molar-refractivity contribution is -0.119. The molecule has 0 heterocycles. The maximum absolute atomic E-state index is 12.8. The quantitative estimate of drug-likeness (QED) is 0.412. The lowest BCUT2D eigenvalue weighted by Crippen LogP contribution is -2.22. The highest BCUT2D eigenvalue weighted by atomic mass is 35.5. The van der Waals surface area contributed by atoms with E-state index in [2.05, 4.69) is 10.6 Å². The Balaban J connectivity index is 1.67. The molecule has 3 aromatic carbocycles. The van der Waals surface area contributed by atoms with E-state index < -0.39 is 18.5 Å². The van der Waals surface area contributed by atoms with Gasteiger partial charge in [-0.3, -0.25) is 14.4 Å². The predicted molar refractivity (Wildman–Crippen MR) is 121 cm³/mol. The summed E-state index contributed by atoms with van der Waals surface area (Å²) >= 11 is 6.04. The van der Waals surface area contributed by atoms with Crippen LogP contribution >= 0.6 is 11.6 Å². The van der Waals surface area contributed by atoms with Crippen LogP contribution < -0.4 is 10.6 Å². The zero-order valence-corrected chi connectivity index (χ0v) is 17.8. The van der Waals surface area contributed by atoms with Crippen LogP contribution in [0.2, 0.25) is 5.02 Å². The van der Waals surface area contributed by atoms with Gasteiger partial charge in [0.2, 0.25) is 5.91 Å². The highest BCUT2D eigenvalue weighted by Gasteiger charge is 2.17. The van der Waals surface area contributed by atoms with E-state index in [1.807, 2.05) is 0 Å². The SMILES string of the molecule is CC(=O)Nc1cccc(C(=O)OCC(=O)Nc2ccc(Cl)cc2C(=O)c2ccccc2)c1. The zero-order valence-electron chi connectivity index (χ0n) is 17.1. The van der Waals surface area contributed by atoms with Crippen LogP contribution in [0.15, 0.2) is 72.8 Å². The van der Waals surface area contributed by atoms with E-state index >= 15 is 0 Å². The maximum Gasteiger partial charge on any atom is 0.338 e. The van der Waals surface area contributed by atoms with E-state index in [0.29, 0.717) is 16.3 Å². The molecular formula is C24H19ClN2O5. The third-order valence-electron chi connectivity index (χ3n) is 4.29. The first-order chi connectivity index (χ1) is 15.3. The molecule has 7 nitrogen and oxygen atoms in total. The van der Waals surface area contributed by atoms with Crippen LogP contribution in [0, 0.1) is 0 Å². The van der Waals surface area contributed by atoms with Crippen molar-refractivity contribution in [2.75, 3.05) is 17.2 Å². The molecule has 0 saturated carbocycles. The molecule has 0 unspecified atom stereocenters.